The van der Waals surface area contributed by atoms with E-state index in [-0.39, 0.29) is 5.91 Å². The van der Waals surface area contributed by atoms with Crippen LogP contribution in [-0.2, 0) is 4.79 Å². The largest absolute Gasteiger partial charge is 0.352 e. The average Bonchev–Trinajstić information content (AvgIpc) is 2.38. The highest BCUT2D eigenvalue weighted by Gasteiger charge is 2.19. The van der Waals surface area contributed by atoms with Crippen molar-refractivity contribution in [2.45, 2.75) is 32.7 Å². The number of carbonyl (C=O) groups excluding carboxylic acids is 1. The molecule has 1 heterocycles. The third-order valence-corrected chi connectivity index (χ3v) is 3.63. The highest BCUT2D eigenvalue weighted by atomic mass is 16.2. The SMILES string of the molecule is CCC(CC)NC(=O)CN1CCN(CCN)CC1. The van der Waals surface area contributed by atoms with Crippen molar-refractivity contribution in [3.8, 4) is 0 Å². The van der Waals surface area contributed by atoms with Gasteiger partial charge in [0, 0.05) is 45.3 Å². The summed E-state index contributed by atoms with van der Waals surface area (Å²) >= 11 is 0. The summed E-state index contributed by atoms with van der Waals surface area (Å²) in [6.07, 6.45) is 2.01. The number of hydrogen-bond acceptors (Lipinski definition) is 4. The highest BCUT2D eigenvalue weighted by Crippen LogP contribution is 2.01. The van der Waals surface area contributed by atoms with Gasteiger partial charge in [0.1, 0.15) is 0 Å². The van der Waals surface area contributed by atoms with E-state index in [9.17, 15) is 4.79 Å². The van der Waals surface area contributed by atoms with Gasteiger partial charge in [0.15, 0.2) is 0 Å². The van der Waals surface area contributed by atoms with E-state index in [0.717, 1.165) is 52.1 Å². The second kappa shape index (κ2) is 8.45. The summed E-state index contributed by atoms with van der Waals surface area (Å²) in [7, 11) is 0. The molecule has 0 bridgehead atoms. The predicted molar refractivity (Wildman–Crippen MR) is 74.4 cm³/mol. The molecular weight excluding hydrogens is 228 g/mol. The molecule has 1 fully saturated rings. The summed E-state index contributed by atoms with van der Waals surface area (Å²) in [4.78, 5) is 16.4. The normalized spacial score (nSPS) is 18.2. The lowest BCUT2D eigenvalue weighted by Crippen LogP contribution is -2.51. The minimum atomic E-state index is 0.163. The zero-order valence-electron chi connectivity index (χ0n) is 11.8. The van der Waals surface area contributed by atoms with Gasteiger partial charge in [-0.15, -0.1) is 0 Å². The Labute approximate surface area is 111 Å². The number of nitrogens with two attached hydrogens (primary N) is 1. The first-order valence-electron chi connectivity index (χ1n) is 7.13. The van der Waals surface area contributed by atoms with Gasteiger partial charge < -0.3 is 11.1 Å². The number of carbonyl (C=O) groups is 1. The lowest BCUT2D eigenvalue weighted by molar-refractivity contribution is -0.123. The van der Waals surface area contributed by atoms with Crippen LogP contribution in [-0.4, -0.2) is 67.6 Å². The van der Waals surface area contributed by atoms with Crippen LogP contribution in [0.4, 0.5) is 0 Å². The van der Waals surface area contributed by atoms with Gasteiger partial charge in [-0.25, -0.2) is 0 Å². The van der Waals surface area contributed by atoms with Crippen molar-refractivity contribution in [2.75, 3.05) is 45.8 Å². The van der Waals surface area contributed by atoms with E-state index in [1.807, 2.05) is 0 Å². The highest BCUT2D eigenvalue weighted by molar-refractivity contribution is 5.78. The summed E-state index contributed by atoms with van der Waals surface area (Å²) in [5, 5.41) is 3.09. The Kier molecular flexibility index (Phi) is 7.23. The van der Waals surface area contributed by atoms with Crippen molar-refractivity contribution in [1.82, 2.24) is 15.1 Å². The van der Waals surface area contributed by atoms with Crippen LogP contribution in [0.5, 0.6) is 0 Å². The van der Waals surface area contributed by atoms with Crippen molar-refractivity contribution in [1.29, 1.82) is 0 Å². The molecule has 1 aliphatic heterocycles. The minimum absolute atomic E-state index is 0.163. The monoisotopic (exact) mass is 256 g/mol. The molecule has 1 amide bonds. The molecule has 0 unspecified atom stereocenters. The molecule has 1 aliphatic rings. The molecular formula is C13H28N4O. The maximum absolute atomic E-state index is 11.9. The van der Waals surface area contributed by atoms with Gasteiger partial charge in [-0.2, -0.15) is 0 Å². The zero-order chi connectivity index (χ0) is 13.4. The Bertz CT molecular complexity index is 235. The first-order valence-corrected chi connectivity index (χ1v) is 7.13. The summed E-state index contributed by atoms with van der Waals surface area (Å²) in [5.74, 6) is 0.163. The Morgan fingerprint density at radius 3 is 2.22 bits per heavy atom. The lowest BCUT2D eigenvalue weighted by atomic mass is 10.2. The summed E-state index contributed by atoms with van der Waals surface area (Å²) in [6, 6.07) is 0.330. The van der Waals surface area contributed by atoms with E-state index in [0.29, 0.717) is 12.6 Å². The van der Waals surface area contributed by atoms with E-state index < -0.39 is 0 Å². The van der Waals surface area contributed by atoms with E-state index in [2.05, 4.69) is 29.0 Å². The smallest absolute Gasteiger partial charge is 0.234 e. The molecule has 1 saturated heterocycles. The van der Waals surface area contributed by atoms with E-state index in [1.165, 1.54) is 0 Å². The van der Waals surface area contributed by atoms with Crippen molar-refractivity contribution in [2.24, 2.45) is 5.73 Å². The third-order valence-electron chi connectivity index (χ3n) is 3.63. The zero-order valence-corrected chi connectivity index (χ0v) is 11.8. The van der Waals surface area contributed by atoms with Crippen molar-refractivity contribution in [3.63, 3.8) is 0 Å². The standard InChI is InChI=1S/C13H28N4O/c1-3-12(4-2)15-13(18)11-17-9-7-16(6-5-14)8-10-17/h12H,3-11,14H2,1-2H3,(H,15,18). The number of nitrogens with zero attached hydrogens (tertiary/aromatic N) is 2. The quantitative estimate of drug-likeness (QED) is 0.666. The summed E-state index contributed by atoms with van der Waals surface area (Å²) in [6.45, 7) is 10.4. The molecule has 3 N–H and O–H groups in total. The van der Waals surface area contributed by atoms with Gasteiger partial charge in [-0.05, 0) is 12.8 Å². The van der Waals surface area contributed by atoms with Crippen molar-refractivity contribution >= 4 is 5.91 Å². The predicted octanol–water partition coefficient (Wildman–Crippen LogP) is -0.132. The maximum atomic E-state index is 11.9. The van der Waals surface area contributed by atoms with Gasteiger partial charge in [-0.1, -0.05) is 13.8 Å². The van der Waals surface area contributed by atoms with Crippen LogP contribution in [0.25, 0.3) is 0 Å². The molecule has 1 rings (SSSR count). The Balaban J connectivity index is 2.21. The second-order valence-electron chi connectivity index (χ2n) is 4.99. The molecule has 18 heavy (non-hydrogen) atoms. The van der Waals surface area contributed by atoms with E-state index >= 15 is 0 Å². The first kappa shape index (κ1) is 15.4. The number of hydrogen-bond donors (Lipinski definition) is 2. The molecule has 0 radical (unpaired) electrons. The average molecular weight is 256 g/mol. The molecule has 0 aromatic carbocycles. The minimum Gasteiger partial charge on any atom is -0.352 e. The van der Waals surface area contributed by atoms with Gasteiger partial charge in [-0.3, -0.25) is 14.6 Å². The molecule has 0 atom stereocenters. The number of rotatable bonds is 7. The lowest BCUT2D eigenvalue weighted by Gasteiger charge is -2.34. The van der Waals surface area contributed by atoms with Crippen LogP contribution in [0.3, 0.4) is 0 Å². The number of piperazine rings is 1. The van der Waals surface area contributed by atoms with Crippen LogP contribution >= 0.6 is 0 Å². The van der Waals surface area contributed by atoms with Crippen LogP contribution in [0.1, 0.15) is 26.7 Å². The fraction of sp³-hybridized carbons (Fsp3) is 0.923. The first-order chi connectivity index (χ1) is 8.69. The van der Waals surface area contributed by atoms with Gasteiger partial charge in [0.05, 0.1) is 6.54 Å². The maximum Gasteiger partial charge on any atom is 0.234 e. The molecule has 0 aromatic heterocycles. The number of nitrogens with one attached hydrogen (secondary N) is 1. The van der Waals surface area contributed by atoms with Crippen LogP contribution in [0.2, 0.25) is 0 Å². The van der Waals surface area contributed by atoms with E-state index in [4.69, 9.17) is 5.73 Å². The number of amides is 1. The van der Waals surface area contributed by atoms with Crippen molar-refractivity contribution in [3.05, 3.63) is 0 Å². The summed E-state index contributed by atoms with van der Waals surface area (Å²) in [5.41, 5.74) is 5.54. The van der Waals surface area contributed by atoms with E-state index in [1.54, 1.807) is 0 Å². The Morgan fingerprint density at radius 2 is 1.72 bits per heavy atom. The fourth-order valence-corrected chi connectivity index (χ4v) is 2.32. The van der Waals surface area contributed by atoms with Gasteiger partial charge >= 0.3 is 0 Å². The van der Waals surface area contributed by atoms with Crippen LogP contribution < -0.4 is 11.1 Å². The fourth-order valence-electron chi connectivity index (χ4n) is 2.32. The van der Waals surface area contributed by atoms with Gasteiger partial charge in [0.25, 0.3) is 0 Å². The molecule has 106 valence electrons. The summed E-state index contributed by atoms with van der Waals surface area (Å²) < 4.78 is 0. The Morgan fingerprint density at radius 1 is 1.17 bits per heavy atom. The molecule has 0 saturated carbocycles. The molecule has 5 nitrogen and oxygen atoms in total. The van der Waals surface area contributed by atoms with Crippen LogP contribution in [0, 0.1) is 0 Å². The molecule has 0 aliphatic carbocycles. The van der Waals surface area contributed by atoms with Crippen molar-refractivity contribution < 1.29 is 4.79 Å². The molecule has 0 aromatic rings. The third kappa shape index (κ3) is 5.33. The molecule has 5 heteroatoms. The van der Waals surface area contributed by atoms with Gasteiger partial charge in [0.2, 0.25) is 5.91 Å². The Hall–Kier alpha value is -0.650. The topological polar surface area (TPSA) is 61.6 Å². The second-order valence-corrected chi connectivity index (χ2v) is 4.99. The molecule has 0 spiro atoms. The van der Waals surface area contributed by atoms with Crippen LogP contribution in [0.15, 0.2) is 0 Å².